The molecule has 134 valence electrons. The van der Waals surface area contributed by atoms with Crippen LogP contribution in [0.1, 0.15) is 22.4 Å². The number of hydrogen-bond acceptors (Lipinski definition) is 4. The maximum absolute atomic E-state index is 12.3. The van der Waals surface area contributed by atoms with E-state index in [4.69, 9.17) is 0 Å². The summed E-state index contributed by atoms with van der Waals surface area (Å²) in [6, 6.07) is 14.3. The number of halogens is 1. The summed E-state index contributed by atoms with van der Waals surface area (Å²) in [5, 5.41) is 4.92. The highest BCUT2D eigenvalue weighted by molar-refractivity contribution is 9.10. The third-order valence-electron chi connectivity index (χ3n) is 3.65. The molecule has 0 saturated heterocycles. The maximum atomic E-state index is 12.3. The van der Waals surface area contributed by atoms with E-state index >= 15 is 0 Å². The molecule has 3 aromatic rings. The van der Waals surface area contributed by atoms with E-state index < -0.39 is 0 Å². The number of thiazole rings is 1. The minimum Gasteiger partial charge on any atom is -0.326 e. The SMILES string of the molecule is Cc1cc(C)cc(NC(=O)Cc2csc(SCc3ccc(Br)cc3)n2)c1. The molecule has 0 saturated carbocycles. The van der Waals surface area contributed by atoms with E-state index in [-0.39, 0.29) is 5.91 Å². The van der Waals surface area contributed by atoms with E-state index in [9.17, 15) is 4.79 Å². The number of hydrogen-bond donors (Lipinski definition) is 1. The van der Waals surface area contributed by atoms with Crippen LogP contribution in [0.25, 0.3) is 0 Å². The van der Waals surface area contributed by atoms with Gasteiger partial charge in [-0.2, -0.15) is 0 Å². The first kappa shape index (κ1) is 19.1. The van der Waals surface area contributed by atoms with E-state index in [0.29, 0.717) is 6.42 Å². The molecule has 26 heavy (non-hydrogen) atoms. The Balaban J connectivity index is 1.54. The lowest BCUT2D eigenvalue weighted by Gasteiger charge is -2.06. The van der Waals surface area contributed by atoms with Crippen LogP contribution in [0.5, 0.6) is 0 Å². The average molecular weight is 447 g/mol. The third kappa shape index (κ3) is 5.69. The van der Waals surface area contributed by atoms with Gasteiger partial charge in [0.15, 0.2) is 0 Å². The van der Waals surface area contributed by atoms with Crippen molar-refractivity contribution in [1.82, 2.24) is 4.98 Å². The van der Waals surface area contributed by atoms with E-state index in [0.717, 1.165) is 37.1 Å². The van der Waals surface area contributed by atoms with Crippen molar-refractivity contribution in [3.63, 3.8) is 0 Å². The van der Waals surface area contributed by atoms with Gasteiger partial charge in [-0.25, -0.2) is 4.98 Å². The van der Waals surface area contributed by atoms with Crippen LogP contribution in [0.15, 0.2) is 56.7 Å². The Morgan fingerprint density at radius 3 is 2.54 bits per heavy atom. The van der Waals surface area contributed by atoms with Gasteiger partial charge in [-0.3, -0.25) is 4.79 Å². The van der Waals surface area contributed by atoms with Crippen LogP contribution in [-0.4, -0.2) is 10.9 Å². The standard InChI is InChI=1S/C20H19BrN2OS2/c1-13-7-14(2)9-17(8-13)22-19(24)10-18-12-26-20(23-18)25-11-15-3-5-16(21)6-4-15/h3-9,12H,10-11H2,1-2H3,(H,22,24). The zero-order chi connectivity index (χ0) is 18.5. The summed E-state index contributed by atoms with van der Waals surface area (Å²) in [6.45, 7) is 4.05. The van der Waals surface area contributed by atoms with E-state index in [1.165, 1.54) is 5.56 Å². The van der Waals surface area contributed by atoms with Gasteiger partial charge < -0.3 is 5.32 Å². The summed E-state index contributed by atoms with van der Waals surface area (Å²) in [5.74, 6) is 0.833. The minimum atomic E-state index is -0.0373. The normalized spacial score (nSPS) is 10.7. The fourth-order valence-corrected chi connectivity index (χ4v) is 4.64. The minimum absolute atomic E-state index is 0.0373. The van der Waals surface area contributed by atoms with Crippen molar-refractivity contribution in [2.75, 3.05) is 5.32 Å². The van der Waals surface area contributed by atoms with Gasteiger partial charge in [-0.1, -0.05) is 45.9 Å². The number of rotatable bonds is 6. The van der Waals surface area contributed by atoms with Crippen molar-refractivity contribution < 1.29 is 4.79 Å². The predicted octanol–water partition coefficient (Wildman–Crippen LogP) is 6.00. The van der Waals surface area contributed by atoms with Crippen LogP contribution in [0.2, 0.25) is 0 Å². The number of aromatic nitrogens is 1. The second-order valence-electron chi connectivity index (χ2n) is 6.12. The zero-order valence-electron chi connectivity index (χ0n) is 14.6. The lowest BCUT2D eigenvalue weighted by Crippen LogP contribution is -2.14. The second kappa shape index (κ2) is 8.84. The Morgan fingerprint density at radius 1 is 1.15 bits per heavy atom. The van der Waals surface area contributed by atoms with Gasteiger partial charge in [0.25, 0.3) is 0 Å². The van der Waals surface area contributed by atoms with E-state index in [1.54, 1.807) is 23.1 Å². The zero-order valence-corrected chi connectivity index (χ0v) is 17.8. The summed E-state index contributed by atoms with van der Waals surface area (Å²) in [7, 11) is 0. The van der Waals surface area contributed by atoms with Crippen molar-refractivity contribution in [1.29, 1.82) is 0 Å². The Morgan fingerprint density at radius 2 is 1.85 bits per heavy atom. The molecular formula is C20H19BrN2OS2. The number of carbonyl (C=O) groups excluding carboxylic acids is 1. The first-order chi connectivity index (χ1) is 12.5. The predicted molar refractivity (Wildman–Crippen MR) is 114 cm³/mol. The molecule has 1 N–H and O–H groups in total. The van der Waals surface area contributed by atoms with Crippen LogP contribution in [0, 0.1) is 13.8 Å². The average Bonchev–Trinajstić information content (AvgIpc) is 3.00. The van der Waals surface area contributed by atoms with Gasteiger partial charge in [-0.05, 0) is 54.8 Å². The van der Waals surface area contributed by atoms with Crippen molar-refractivity contribution in [3.05, 3.63) is 74.7 Å². The molecule has 0 atom stereocenters. The first-order valence-corrected chi connectivity index (χ1v) is 10.8. The van der Waals surface area contributed by atoms with Gasteiger partial charge in [0.1, 0.15) is 4.34 Å². The van der Waals surface area contributed by atoms with Crippen LogP contribution in [-0.2, 0) is 17.0 Å². The maximum Gasteiger partial charge on any atom is 0.230 e. The fraction of sp³-hybridized carbons (Fsp3) is 0.200. The van der Waals surface area contributed by atoms with Crippen LogP contribution in [0.4, 0.5) is 5.69 Å². The molecule has 0 bridgehead atoms. The fourth-order valence-electron chi connectivity index (χ4n) is 2.58. The molecule has 2 aromatic carbocycles. The monoisotopic (exact) mass is 446 g/mol. The Hall–Kier alpha value is -1.63. The number of anilines is 1. The Bertz CT molecular complexity index is 886. The van der Waals surface area contributed by atoms with Crippen LogP contribution in [0.3, 0.4) is 0 Å². The van der Waals surface area contributed by atoms with Crippen molar-refractivity contribution in [2.45, 2.75) is 30.4 Å². The van der Waals surface area contributed by atoms with Crippen LogP contribution >= 0.6 is 39.0 Å². The van der Waals surface area contributed by atoms with Gasteiger partial charge in [0.2, 0.25) is 5.91 Å². The lowest BCUT2D eigenvalue weighted by atomic mass is 10.1. The molecule has 6 heteroatoms. The van der Waals surface area contributed by atoms with Crippen molar-refractivity contribution in [3.8, 4) is 0 Å². The number of nitrogens with one attached hydrogen (secondary N) is 1. The highest BCUT2D eigenvalue weighted by atomic mass is 79.9. The van der Waals surface area contributed by atoms with Crippen LogP contribution < -0.4 is 5.32 Å². The first-order valence-electron chi connectivity index (χ1n) is 8.18. The molecule has 3 rings (SSSR count). The highest BCUT2D eigenvalue weighted by Crippen LogP contribution is 2.27. The molecule has 1 amide bonds. The van der Waals surface area contributed by atoms with Gasteiger partial charge >= 0.3 is 0 Å². The molecule has 0 radical (unpaired) electrons. The van der Waals surface area contributed by atoms with Gasteiger partial charge in [-0.15, -0.1) is 11.3 Å². The van der Waals surface area contributed by atoms with E-state index in [2.05, 4.69) is 44.4 Å². The summed E-state index contributed by atoms with van der Waals surface area (Å²) >= 11 is 6.73. The van der Waals surface area contributed by atoms with Crippen molar-refractivity contribution in [2.24, 2.45) is 0 Å². The quantitative estimate of drug-likeness (QED) is 0.472. The highest BCUT2D eigenvalue weighted by Gasteiger charge is 2.09. The van der Waals surface area contributed by atoms with Crippen molar-refractivity contribution >= 4 is 50.6 Å². The Kier molecular flexibility index (Phi) is 6.51. The van der Waals surface area contributed by atoms with Gasteiger partial charge in [0.05, 0.1) is 12.1 Å². The molecule has 1 heterocycles. The summed E-state index contributed by atoms with van der Waals surface area (Å²) in [5.41, 5.74) is 5.19. The van der Waals surface area contributed by atoms with Gasteiger partial charge in [0, 0.05) is 21.3 Å². The summed E-state index contributed by atoms with van der Waals surface area (Å²) < 4.78 is 2.07. The molecule has 0 aliphatic carbocycles. The number of carbonyl (C=O) groups is 1. The lowest BCUT2D eigenvalue weighted by molar-refractivity contribution is -0.115. The topological polar surface area (TPSA) is 42.0 Å². The molecule has 1 aromatic heterocycles. The smallest absolute Gasteiger partial charge is 0.230 e. The molecular weight excluding hydrogens is 428 g/mol. The second-order valence-corrected chi connectivity index (χ2v) is 9.12. The molecule has 0 aliphatic heterocycles. The number of thioether (sulfide) groups is 1. The number of nitrogens with zero attached hydrogens (tertiary/aromatic N) is 1. The molecule has 0 aliphatic rings. The molecule has 0 unspecified atom stereocenters. The third-order valence-corrected chi connectivity index (χ3v) is 6.32. The largest absolute Gasteiger partial charge is 0.326 e. The molecule has 3 nitrogen and oxygen atoms in total. The van der Waals surface area contributed by atoms with E-state index in [1.807, 2.05) is 43.5 Å². The summed E-state index contributed by atoms with van der Waals surface area (Å²) in [6.07, 6.45) is 0.294. The molecule has 0 fully saturated rings. The molecule has 0 spiro atoms. The Labute approximate surface area is 170 Å². The summed E-state index contributed by atoms with van der Waals surface area (Å²) in [4.78, 5) is 16.8. The number of amides is 1. The number of aryl methyl sites for hydroxylation is 2. The number of benzene rings is 2.